The van der Waals surface area contributed by atoms with Gasteiger partial charge in [-0.05, 0) is 24.3 Å². The van der Waals surface area contributed by atoms with Crippen LogP contribution in [0.4, 0.5) is 5.69 Å². The van der Waals surface area contributed by atoms with Gasteiger partial charge in [0.2, 0.25) is 0 Å². The number of Topliss-reactive ketones (excluding diaryl/α,β-unsaturated/α-hetero) is 1. The van der Waals surface area contributed by atoms with Crippen LogP contribution in [0.2, 0.25) is 0 Å². The van der Waals surface area contributed by atoms with E-state index in [1.807, 2.05) is 0 Å². The van der Waals surface area contributed by atoms with Crippen LogP contribution in [0.1, 0.15) is 37.5 Å². The van der Waals surface area contributed by atoms with Gasteiger partial charge in [-0.25, -0.2) is 0 Å². The van der Waals surface area contributed by atoms with Crippen molar-refractivity contribution in [1.29, 1.82) is 0 Å². The number of ether oxygens (including phenoxy) is 1. The molecule has 3 rings (SSSR count). The molecule has 0 spiro atoms. The number of hydrogen-bond donors (Lipinski definition) is 1. The smallest absolute Gasteiger partial charge is 0.261 e. The largest absolute Gasteiger partial charge is 0.495 e. The normalized spacial score (nSPS) is 13.1. The zero-order valence-electron chi connectivity index (χ0n) is 13.1. The van der Waals surface area contributed by atoms with E-state index in [4.69, 9.17) is 10.5 Å². The average Bonchev–Trinajstić information content (AvgIpc) is 2.84. The van der Waals surface area contributed by atoms with E-state index in [9.17, 15) is 14.4 Å². The van der Waals surface area contributed by atoms with E-state index in [1.165, 1.54) is 7.11 Å². The number of ketones is 1. The summed E-state index contributed by atoms with van der Waals surface area (Å²) in [5.74, 6) is -0.575. The molecule has 1 heterocycles. The van der Waals surface area contributed by atoms with Gasteiger partial charge in [-0.2, -0.15) is 0 Å². The van der Waals surface area contributed by atoms with E-state index in [0.29, 0.717) is 22.4 Å². The molecular formula is C18H16N2O4. The number of anilines is 1. The number of imide groups is 1. The Kier molecular flexibility index (Phi) is 4.04. The van der Waals surface area contributed by atoms with Gasteiger partial charge in [0, 0.05) is 18.5 Å². The lowest BCUT2D eigenvalue weighted by Gasteiger charge is -2.14. The molecule has 1 aliphatic rings. The van der Waals surface area contributed by atoms with Crippen molar-refractivity contribution in [3.05, 3.63) is 59.2 Å². The first-order valence-corrected chi connectivity index (χ1v) is 7.45. The van der Waals surface area contributed by atoms with Crippen LogP contribution in [0.15, 0.2) is 42.5 Å². The van der Waals surface area contributed by atoms with Crippen molar-refractivity contribution in [2.24, 2.45) is 0 Å². The van der Waals surface area contributed by atoms with Gasteiger partial charge in [0.1, 0.15) is 5.75 Å². The van der Waals surface area contributed by atoms with Crippen LogP contribution in [-0.4, -0.2) is 36.2 Å². The van der Waals surface area contributed by atoms with Crippen LogP contribution in [0.25, 0.3) is 0 Å². The summed E-state index contributed by atoms with van der Waals surface area (Å²) in [6, 6.07) is 11.6. The molecule has 0 saturated heterocycles. The maximum atomic E-state index is 12.4. The summed E-state index contributed by atoms with van der Waals surface area (Å²) in [6.45, 7) is 0.0157. The van der Waals surface area contributed by atoms with Gasteiger partial charge in [0.15, 0.2) is 5.78 Å². The second kappa shape index (κ2) is 6.16. The number of para-hydroxylation sites is 1. The SMILES string of the molecule is COc1cccc(C(=O)CCN2C(=O)c3ccccc3C2=O)c1N. The summed E-state index contributed by atoms with van der Waals surface area (Å²) < 4.78 is 5.09. The van der Waals surface area contributed by atoms with Crippen LogP contribution in [0, 0.1) is 0 Å². The molecule has 0 aliphatic carbocycles. The third-order valence-corrected chi connectivity index (χ3v) is 4.03. The fraction of sp³-hybridized carbons (Fsp3) is 0.167. The highest BCUT2D eigenvalue weighted by atomic mass is 16.5. The first-order chi connectivity index (χ1) is 11.5. The predicted molar refractivity (Wildman–Crippen MR) is 88.2 cm³/mol. The van der Waals surface area contributed by atoms with Crippen molar-refractivity contribution in [3.63, 3.8) is 0 Å². The summed E-state index contributed by atoms with van der Waals surface area (Å²) >= 11 is 0. The van der Waals surface area contributed by atoms with Crippen LogP contribution >= 0.6 is 0 Å². The number of methoxy groups -OCH3 is 1. The Hall–Kier alpha value is -3.15. The molecule has 0 fully saturated rings. The molecule has 6 nitrogen and oxygen atoms in total. The minimum absolute atomic E-state index is 0.00281. The standard InChI is InChI=1S/C18H16N2O4/c1-24-15-8-4-7-13(16(15)19)14(21)9-10-20-17(22)11-5-2-3-6-12(11)18(20)23/h2-8H,9-10,19H2,1H3. The van der Waals surface area contributed by atoms with Gasteiger partial charge in [-0.15, -0.1) is 0 Å². The molecule has 1 aliphatic heterocycles. The Morgan fingerprint density at radius 3 is 2.25 bits per heavy atom. The van der Waals surface area contributed by atoms with Gasteiger partial charge in [-0.1, -0.05) is 18.2 Å². The summed E-state index contributed by atoms with van der Waals surface area (Å²) in [5, 5.41) is 0. The minimum atomic E-state index is -0.373. The molecule has 6 heteroatoms. The highest BCUT2D eigenvalue weighted by Crippen LogP contribution is 2.27. The number of fused-ring (bicyclic) bond motifs is 1. The summed E-state index contributed by atoms with van der Waals surface area (Å²) in [4.78, 5) is 38.0. The van der Waals surface area contributed by atoms with Crippen LogP contribution in [-0.2, 0) is 0 Å². The number of carbonyl (C=O) groups is 3. The predicted octanol–water partition coefficient (Wildman–Crippen LogP) is 2.15. The number of hydrogen-bond acceptors (Lipinski definition) is 5. The van der Waals surface area contributed by atoms with Crippen molar-refractivity contribution in [2.75, 3.05) is 19.4 Å². The lowest BCUT2D eigenvalue weighted by atomic mass is 10.1. The van der Waals surface area contributed by atoms with Crippen molar-refractivity contribution in [3.8, 4) is 5.75 Å². The first kappa shape index (κ1) is 15.7. The zero-order chi connectivity index (χ0) is 17.3. The maximum Gasteiger partial charge on any atom is 0.261 e. The number of carbonyl (C=O) groups excluding carboxylic acids is 3. The molecule has 0 unspecified atom stereocenters. The molecular weight excluding hydrogens is 308 g/mol. The Labute approximate surface area is 138 Å². The number of amides is 2. The van der Waals surface area contributed by atoms with Gasteiger partial charge >= 0.3 is 0 Å². The summed E-state index contributed by atoms with van der Waals surface area (Å²) in [6.07, 6.45) is 0.00281. The van der Waals surface area contributed by atoms with Gasteiger partial charge in [0.05, 0.1) is 23.9 Å². The van der Waals surface area contributed by atoms with Crippen molar-refractivity contribution >= 4 is 23.3 Å². The average molecular weight is 324 g/mol. The lowest BCUT2D eigenvalue weighted by molar-refractivity contribution is 0.0649. The first-order valence-electron chi connectivity index (χ1n) is 7.45. The third-order valence-electron chi connectivity index (χ3n) is 4.03. The zero-order valence-corrected chi connectivity index (χ0v) is 13.1. The molecule has 0 bridgehead atoms. The molecule has 122 valence electrons. The van der Waals surface area contributed by atoms with E-state index in [1.54, 1.807) is 42.5 Å². The molecule has 2 aromatic carbocycles. The highest BCUT2D eigenvalue weighted by Gasteiger charge is 2.35. The number of nitrogens with two attached hydrogens (primary N) is 1. The Balaban J connectivity index is 1.74. The van der Waals surface area contributed by atoms with Gasteiger partial charge < -0.3 is 10.5 Å². The monoisotopic (exact) mass is 324 g/mol. The topological polar surface area (TPSA) is 89.7 Å². The van der Waals surface area contributed by atoms with Crippen LogP contribution in [0.5, 0.6) is 5.75 Å². The molecule has 2 amide bonds. The Morgan fingerprint density at radius 1 is 1.04 bits per heavy atom. The summed E-state index contributed by atoms with van der Waals surface area (Å²) in [7, 11) is 1.47. The van der Waals surface area contributed by atoms with E-state index in [-0.39, 0.29) is 36.3 Å². The number of rotatable bonds is 5. The fourth-order valence-corrected chi connectivity index (χ4v) is 2.76. The number of nitrogens with zero attached hydrogens (tertiary/aromatic N) is 1. The fourth-order valence-electron chi connectivity index (χ4n) is 2.76. The second-order valence-electron chi connectivity index (χ2n) is 5.40. The molecule has 0 radical (unpaired) electrons. The second-order valence-corrected chi connectivity index (χ2v) is 5.40. The third kappa shape index (κ3) is 2.52. The Bertz CT molecular complexity index is 810. The van der Waals surface area contributed by atoms with Crippen LogP contribution < -0.4 is 10.5 Å². The maximum absolute atomic E-state index is 12.4. The number of benzene rings is 2. The highest BCUT2D eigenvalue weighted by molar-refractivity contribution is 6.21. The summed E-state index contributed by atoms with van der Waals surface area (Å²) in [5.41, 5.74) is 7.23. The van der Waals surface area contributed by atoms with E-state index < -0.39 is 0 Å². The molecule has 24 heavy (non-hydrogen) atoms. The molecule has 0 saturated carbocycles. The van der Waals surface area contributed by atoms with Crippen LogP contribution in [0.3, 0.4) is 0 Å². The molecule has 0 aromatic heterocycles. The quantitative estimate of drug-likeness (QED) is 0.517. The van der Waals surface area contributed by atoms with Gasteiger partial charge in [-0.3, -0.25) is 19.3 Å². The van der Waals surface area contributed by atoms with E-state index in [2.05, 4.69) is 0 Å². The minimum Gasteiger partial charge on any atom is -0.495 e. The molecule has 2 N–H and O–H groups in total. The molecule has 2 aromatic rings. The van der Waals surface area contributed by atoms with Crippen molar-refractivity contribution < 1.29 is 19.1 Å². The lowest BCUT2D eigenvalue weighted by Crippen LogP contribution is -2.32. The number of nitrogen functional groups attached to an aromatic ring is 1. The van der Waals surface area contributed by atoms with Gasteiger partial charge in [0.25, 0.3) is 11.8 Å². The van der Waals surface area contributed by atoms with E-state index in [0.717, 1.165) is 4.90 Å². The Morgan fingerprint density at radius 2 is 1.67 bits per heavy atom. The molecule has 0 atom stereocenters. The van der Waals surface area contributed by atoms with E-state index >= 15 is 0 Å². The van der Waals surface area contributed by atoms with Crippen molar-refractivity contribution in [1.82, 2.24) is 4.90 Å². The van der Waals surface area contributed by atoms with Crippen molar-refractivity contribution in [2.45, 2.75) is 6.42 Å².